The molecule has 1 fully saturated rings. The minimum atomic E-state index is -0.146. The van der Waals surface area contributed by atoms with Gasteiger partial charge in [-0.2, -0.15) is 0 Å². The van der Waals surface area contributed by atoms with Gasteiger partial charge in [0.25, 0.3) is 5.91 Å². The summed E-state index contributed by atoms with van der Waals surface area (Å²) in [6.07, 6.45) is 0.891. The van der Waals surface area contributed by atoms with Crippen LogP contribution in [0.4, 0.5) is 11.4 Å². The van der Waals surface area contributed by atoms with Gasteiger partial charge < -0.3 is 10.2 Å². The summed E-state index contributed by atoms with van der Waals surface area (Å²) in [6, 6.07) is 15.0. The van der Waals surface area contributed by atoms with Gasteiger partial charge in [-0.15, -0.1) is 11.8 Å². The molecule has 0 radical (unpaired) electrons. The van der Waals surface area contributed by atoms with E-state index in [1.165, 1.54) is 5.56 Å². The highest BCUT2D eigenvalue weighted by molar-refractivity contribution is 7.99. The topological polar surface area (TPSA) is 61.4 Å². The molecule has 1 saturated heterocycles. The molecule has 2 amide bonds. The molecule has 2 aromatic carbocycles. The van der Waals surface area contributed by atoms with Crippen LogP contribution in [0.3, 0.4) is 0 Å². The maximum Gasteiger partial charge on any atom is 0.258 e. The maximum atomic E-state index is 12.8. The molecule has 2 aliphatic heterocycles. The lowest BCUT2D eigenvalue weighted by Crippen LogP contribution is -2.37. The van der Waals surface area contributed by atoms with Crippen molar-refractivity contribution in [1.82, 2.24) is 5.32 Å². The van der Waals surface area contributed by atoms with E-state index in [4.69, 9.17) is 0 Å². The summed E-state index contributed by atoms with van der Waals surface area (Å²) in [5.41, 5.74) is 3.54. The van der Waals surface area contributed by atoms with E-state index in [1.807, 2.05) is 23.1 Å². The molecule has 4 rings (SSSR count). The summed E-state index contributed by atoms with van der Waals surface area (Å²) in [5, 5.41) is 6.04. The third-order valence-corrected chi connectivity index (χ3v) is 5.50. The lowest BCUT2D eigenvalue weighted by atomic mass is 10.1. The molecule has 1 atom stereocenters. The SMILES string of the molecule is O=C(Nc1ccc(C(=O)N2CCc3ccccc32)cc1)C1CSCN1. The maximum absolute atomic E-state index is 12.8. The van der Waals surface area contributed by atoms with Crippen LogP contribution in [-0.4, -0.2) is 36.0 Å². The van der Waals surface area contributed by atoms with E-state index in [0.29, 0.717) is 17.8 Å². The van der Waals surface area contributed by atoms with Gasteiger partial charge in [0.05, 0.1) is 6.04 Å². The van der Waals surface area contributed by atoms with Gasteiger partial charge in [-0.05, 0) is 42.3 Å². The van der Waals surface area contributed by atoms with E-state index < -0.39 is 0 Å². The van der Waals surface area contributed by atoms with Crippen molar-refractivity contribution in [1.29, 1.82) is 0 Å². The van der Waals surface area contributed by atoms with Crippen LogP contribution in [0.2, 0.25) is 0 Å². The van der Waals surface area contributed by atoms with Crippen molar-refractivity contribution < 1.29 is 9.59 Å². The second-order valence-electron chi connectivity index (χ2n) is 6.17. The molecule has 25 heavy (non-hydrogen) atoms. The number of benzene rings is 2. The fourth-order valence-corrected chi connectivity index (χ4v) is 4.14. The van der Waals surface area contributed by atoms with Crippen LogP contribution in [0.5, 0.6) is 0 Å². The Morgan fingerprint density at radius 1 is 1.12 bits per heavy atom. The van der Waals surface area contributed by atoms with Gasteiger partial charge in [0.2, 0.25) is 5.91 Å². The summed E-state index contributed by atoms with van der Waals surface area (Å²) in [4.78, 5) is 26.7. The van der Waals surface area contributed by atoms with Crippen molar-refractivity contribution in [3.8, 4) is 0 Å². The van der Waals surface area contributed by atoms with Gasteiger partial charge in [0.15, 0.2) is 0 Å². The average molecular weight is 353 g/mol. The number of carbonyl (C=O) groups is 2. The van der Waals surface area contributed by atoms with Crippen molar-refractivity contribution in [2.75, 3.05) is 28.4 Å². The highest BCUT2D eigenvalue weighted by atomic mass is 32.2. The molecule has 0 saturated carbocycles. The first-order valence-corrected chi connectivity index (χ1v) is 9.50. The van der Waals surface area contributed by atoms with Gasteiger partial charge in [-0.1, -0.05) is 18.2 Å². The van der Waals surface area contributed by atoms with Crippen molar-refractivity contribution in [3.63, 3.8) is 0 Å². The van der Waals surface area contributed by atoms with E-state index in [9.17, 15) is 9.59 Å². The van der Waals surface area contributed by atoms with E-state index >= 15 is 0 Å². The summed E-state index contributed by atoms with van der Waals surface area (Å²) >= 11 is 1.71. The minimum absolute atomic E-state index is 0.00307. The van der Waals surface area contributed by atoms with Crippen molar-refractivity contribution in [3.05, 3.63) is 59.7 Å². The first-order valence-electron chi connectivity index (χ1n) is 8.34. The van der Waals surface area contributed by atoms with Crippen LogP contribution < -0.4 is 15.5 Å². The first kappa shape index (κ1) is 16.2. The zero-order valence-corrected chi connectivity index (χ0v) is 14.5. The first-order chi connectivity index (χ1) is 12.2. The Hall–Kier alpha value is -2.31. The molecule has 0 bridgehead atoms. The number of nitrogens with one attached hydrogen (secondary N) is 2. The number of nitrogens with zero attached hydrogens (tertiary/aromatic N) is 1. The highest BCUT2D eigenvalue weighted by Gasteiger charge is 2.25. The molecule has 2 aromatic rings. The number of para-hydroxylation sites is 1. The monoisotopic (exact) mass is 353 g/mol. The molecule has 0 aromatic heterocycles. The fraction of sp³-hybridized carbons (Fsp3) is 0.263. The van der Waals surface area contributed by atoms with Gasteiger partial charge in [-0.25, -0.2) is 0 Å². The normalized spacial score (nSPS) is 18.9. The Kier molecular flexibility index (Phi) is 4.46. The Morgan fingerprint density at radius 3 is 2.68 bits per heavy atom. The average Bonchev–Trinajstić information content (AvgIpc) is 3.32. The highest BCUT2D eigenvalue weighted by Crippen LogP contribution is 2.29. The van der Waals surface area contributed by atoms with Crippen LogP contribution in [0.15, 0.2) is 48.5 Å². The molecule has 2 aliphatic rings. The molecule has 0 spiro atoms. The molecule has 6 heteroatoms. The summed E-state index contributed by atoms with van der Waals surface area (Å²) in [5.74, 6) is 1.56. The number of hydrogen-bond donors (Lipinski definition) is 2. The van der Waals surface area contributed by atoms with Crippen LogP contribution in [-0.2, 0) is 11.2 Å². The quantitative estimate of drug-likeness (QED) is 0.890. The second-order valence-corrected chi connectivity index (χ2v) is 7.20. The van der Waals surface area contributed by atoms with E-state index in [2.05, 4.69) is 16.7 Å². The van der Waals surface area contributed by atoms with Gasteiger partial charge in [0.1, 0.15) is 0 Å². The van der Waals surface area contributed by atoms with Gasteiger partial charge in [-0.3, -0.25) is 14.9 Å². The summed E-state index contributed by atoms with van der Waals surface area (Å²) in [6.45, 7) is 0.710. The number of hydrogen-bond acceptors (Lipinski definition) is 4. The molecule has 2 heterocycles. The van der Waals surface area contributed by atoms with Crippen LogP contribution in [0, 0.1) is 0 Å². The summed E-state index contributed by atoms with van der Waals surface area (Å²) in [7, 11) is 0. The Bertz CT molecular complexity index is 801. The van der Waals surface area contributed by atoms with Gasteiger partial charge >= 0.3 is 0 Å². The van der Waals surface area contributed by atoms with Gasteiger partial charge in [0, 0.05) is 35.1 Å². The molecular weight excluding hydrogens is 334 g/mol. The molecule has 5 nitrogen and oxygen atoms in total. The largest absolute Gasteiger partial charge is 0.325 e. The summed E-state index contributed by atoms with van der Waals surface area (Å²) < 4.78 is 0. The van der Waals surface area contributed by atoms with E-state index in [0.717, 1.165) is 23.7 Å². The Labute approximate surface area is 150 Å². The number of carbonyl (C=O) groups excluding carboxylic acids is 2. The van der Waals surface area contributed by atoms with Crippen LogP contribution >= 0.6 is 11.8 Å². The number of anilines is 2. The van der Waals surface area contributed by atoms with Crippen LogP contribution in [0.1, 0.15) is 15.9 Å². The Morgan fingerprint density at radius 2 is 1.92 bits per heavy atom. The fourth-order valence-electron chi connectivity index (χ4n) is 3.19. The second kappa shape index (κ2) is 6.90. The van der Waals surface area contributed by atoms with E-state index in [-0.39, 0.29) is 17.9 Å². The number of thioether (sulfide) groups is 1. The zero-order chi connectivity index (χ0) is 17.2. The Balaban J connectivity index is 1.45. The third kappa shape index (κ3) is 3.27. The lowest BCUT2D eigenvalue weighted by Gasteiger charge is -2.17. The lowest BCUT2D eigenvalue weighted by molar-refractivity contribution is -0.117. The number of amides is 2. The molecule has 1 unspecified atom stereocenters. The molecule has 2 N–H and O–H groups in total. The molecule has 128 valence electrons. The predicted molar refractivity (Wildman–Crippen MR) is 101 cm³/mol. The van der Waals surface area contributed by atoms with Crippen molar-refractivity contribution in [2.45, 2.75) is 12.5 Å². The smallest absolute Gasteiger partial charge is 0.258 e. The van der Waals surface area contributed by atoms with Crippen LogP contribution in [0.25, 0.3) is 0 Å². The number of rotatable bonds is 3. The predicted octanol–water partition coefficient (Wildman–Crippen LogP) is 2.49. The number of fused-ring (bicyclic) bond motifs is 1. The molecule has 0 aliphatic carbocycles. The van der Waals surface area contributed by atoms with Crippen molar-refractivity contribution >= 4 is 35.0 Å². The minimum Gasteiger partial charge on any atom is -0.325 e. The third-order valence-electron chi connectivity index (χ3n) is 4.56. The standard InChI is InChI=1S/C19H19N3O2S/c23-18(16-11-25-12-20-16)21-15-7-5-14(6-8-15)19(24)22-10-9-13-3-1-2-4-17(13)22/h1-8,16,20H,9-12H2,(H,21,23). The molecular formula is C19H19N3O2S. The van der Waals surface area contributed by atoms with Crippen molar-refractivity contribution in [2.24, 2.45) is 0 Å². The van der Waals surface area contributed by atoms with E-state index in [1.54, 1.807) is 36.0 Å². The zero-order valence-electron chi connectivity index (χ0n) is 13.7.